The van der Waals surface area contributed by atoms with Gasteiger partial charge in [-0.15, -0.1) is 6.42 Å². The number of hydrazone groups is 1. The summed E-state index contributed by atoms with van der Waals surface area (Å²) in [6.45, 7) is 3.68. The van der Waals surface area contributed by atoms with Crippen molar-refractivity contribution in [3.05, 3.63) is 52.5 Å². The number of rotatable bonds is 8. The van der Waals surface area contributed by atoms with Crippen molar-refractivity contribution >= 4 is 35.3 Å². The second-order valence-electron chi connectivity index (χ2n) is 5.72. The van der Waals surface area contributed by atoms with Gasteiger partial charge in [0.15, 0.2) is 11.5 Å². The third kappa shape index (κ3) is 6.55. The molecule has 7 nitrogen and oxygen atoms in total. The van der Waals surface area contributed by atoms with Gasteiger partial charge in [-0.3, -0.25) is 9.59 Å². The maximum absolute atomic E-state index is 12.3. The van der Waals surface area contributed by atoms with E-state index in [9.17, 15) is 9.59 Å². The van der Waals surface area contributed by atoms with Crippen molar-refractivity contribution in [2.45, 2.75) is 13.8 Å². The molecule has 2 rings (SSSR count). The Bertz CT molecular complexity index is 967. The highest BCUT2D eigenvalue weighted by atomic mass is 35.5. The number of hydrogen-bond acceptors (Lipinski definition) is 5. The molecule has 0 radical (unpaired) electrons. The van der Waals surface area contributed by atoms with E-state index in [1.165, 1.54) is 13.1 Å². The Labute approximate surface area is 174 Å². The van der Waals surface area contributed by atoms with Crippen molar-refractivity contribution in [1.82, 2.24) is 5.43 Å². The third-order valence-electron chi connectivity index (χ3n) is 3.46. The zero-order valence-electron chi connectivity index (χ0n) is 16.0. The molecule has 0 saturated heterocycles. The Hall–Kier alpha value is -3.50. The lowest BCUT2D eigenvalue weighted by Crippen LogP contribution is -2.18. The fraction of sp³-hybridized carbons (Fsp3) is 0.190. The van der Waals surface area contributed by atoms with Crippen LogP contribution in [0.15, 0.2) is 41.5 Å². The first-order chi connectivity index (χ1) is 13.9. The van der Waals surface area contributed by atoms with Crippen LogP contribution < -0.4 is 20.2 Å². The van der Waals surface area contributed by atoms with Gasteiger partial charge in [0.1, 0.15) is 6.61 Å². The summed E-state index contributed by atoms with van der Waals surface area (Å²) >= 11 is 6.25. The summed E-state index contributed by atoms with van der Waals surface area (Å²) in [5.41, 5.74) is 3.89. The average Bonchev–Trinajstić information content (AvgIpc) is 2.67. The Morgan fingerprint density at radius 2 is 2.07 bits per heavy atom. The number of carbonyl (C=O) groups is 2. The summed E-state index contributed by atoms with van der Waals surface area (Å²) in [6.07, 6.45) is 6.64. The molecule has 2 N–H and O–H groups in total. The van der Waals surface area contributed by atoms with Crippen molar-refractivity contribution in [3.63, 3.8) is 0 Å². The van der Waals surface area contributed by atoms with Gasteiger partial charge >= 0.3 is 0 Å². The molecule has 0 fully saturated rings. The van der Waals surface area contributed by atoms with E-state index in [-0.39, 0.29) is 12.5 Å². The largest absolute Gasteiger partial charge is 0.490 e. The first kappa shape index (κ1) is 21.8. The summed E-state index contributed by atoms with van der Waals surface area (Å²) in [5, 5.41) is 6.87. The van der Waals surface area contributed by atoms with Crippen molar-refractivity contribution in [3.8, 4) is 23.8 Å². The lowest BCUT2D eigenvalue weighted by Gasteiger charge is -2.12. The van der Waals surface area contributed by atoms with Gasteiger partial charge in [-0.1, -0.05) is 23.6 Å². The molecule has 2 aromatic rings. The smallest absolute Gasteiger partial charge is 0.271 e. The predicted octanol–water partition coefficient (Wildman–Crippen LogP) is 3.47. The normalized spacial score (nSPS) is 10.3. The van der Waals surface area contributed by atoms with Crippen LogP contribution in [0.5, 0.6) is 11.5 Å². The molecule has 2 amide bonds. The SMILES string of the molecule is C#CCOc1c(Cl)cc(C=NNC(=O)c2cccc(NC(C)=O)c2)cc1OCC. The maximum Gasteiger partial charge on any atom is 0.271 e. The first-order valence-electron chi connectivity index (χ1n) is 8.68. The first-order valence-corrected chi connectivity index (χ1v) is 9.06. The Kier molecular flexibility index (Phi) is 8.07. The van der Waals surface area contributed by atoms with E-state index in [1.807, 2.05) is 6.92 Å². The van der Waals surface area contributed by atoms with Crippen molar-refractivity contribution in [2.75, 3.05) is 18.5 Å². The molecule has 0 atom stereocenters. The third-order valence-corrected chi connectivity index (χ3v) is 3.74. The predicted molar refractivity (Wildman–Crippen MR) is 113 cm³/mol. The van der Waals surface area contributed by atoms with Crippen LogP contribution in [0, 0.1) is 12.3 Å². The van der Waals surface area contributed by atoms with Gasteiger partial charge in [-0.2, -0.15) is 5.10 Å². The number of carbonyl (C=O) groups excluding carboxylic acids is 2. The van der Waals surface area contributed by atoms with Crippen molar-refractivity contribution < 1.29 is 19.1 Å². The molecule has 8 heteroatoms. The molecule has 0 saturated carbocycles. The van der Waals surface area contributed by atoms with E-state index >= 15 is 0 Å². The fourth-order valence-corrected chi connectivity index (χ4v) is 2.62. The minimum absolute atomic E-state index is 0.0564. The average molecular weight is 414 g/mol. The molecule has 0 spiro atoms. The Morgan fingerprint density at radius 1 is 1.28 bits per heavy atom. The number of nitrogens with one attached hydrogen (secondary N) is 2. The van der Waals surface area contributed by atoms with Crippen LogP contribution in [-0.2, 0) is 4.79 Å². The summed E-state index contributed by atoms with van der Waals surface area (Å²) in [4.78, 5) is 23.4. The van der Waals surface area contributed by atoms with Crippen LogP contribution in [0.2, 0.25) is 5.02 Å². The molecule has 0 aliphatic rings. The van der Waals surface area contributed by atoms with Gasteiger partial charge in [-0.05, 0) is 42.8 Å². The number of terminal acetylenes is 1. The number of nitrogens with zero attached hydrogens (tertiary/aromatic N) is 1. The molecule has 29 heavy (non-hydrogen) atoms. The molecule has 0 aromatic heterocycles. The van der Waals surface area contributed by atoms with Gasteiger partial charge < -0.3 is 14.8 Å². The van der Waals surface area contributed by atoms with Crippen molar-refractivity contribution in [1.29, 1.82) is 0 Å². The van der Waals surface area contributed by atoms with Gasteiger partial charge in [0.05, 0.1) is 17.8 Å². The highest BCUT2D eigenvalue weighted by Crippen LogP contribution is 2.36. The lowest BCUT2D eigenvalue weighted by molar-refractivity contribution is -0.114. The highest BCUT2D eigenvalue weighted by molar-refractivity contribution is 6.32. The van der Waals surface area contributed by atoms with E-state index in [0.29, 0.717) is 39.9 Å². The molecule has 0 unspecified atom stereocenters. The standard InChI is InChI=1S/C21H20ClN3O4/c1-4-9-29-20-18(22)10-15(11-19(20)28-5-2)13-23-25-21(27)16-7-6-8-17(12-16)24-14(3)26/h1,6-8,10-13H,5,9H2,2-3H3,(H,24,26)(H,25,27). The van der Waals surface area contributed by atoms with E-state index in [2.05, 4.69) is 21.8 Å². The fourth-order valence-electron chi connectivity index (χ4n) is 2.35. The number of benzene rings is 2. The second-order valence-corrected chi connectivity index (χ2v) is 6.12. The molecule has 150 valence electrons. The minimum Gasteiger partial charge on any atom is -0.490 e. The van der Waals surface area contributed by atoms with Crippen molar-refractivity contribution in [2.24, 2.45) is 5.10 Å². The maximum atomic E-state index is 12.3. The van der Waals surface area contributed by atoms with Crippen LogP contribution in [0.3, 0.4) is 0 Å². The summed E-state index contributed by atoms with van der Waals surface area (Å²) in [5.74, 6) is 2.49. The molecule has 0 aliphatic carbocycles. The molecule has 0 bridgehead atoms. The highest BCUT2D eigenvalue weighted by Gasteiger charge is 2.12. The minimum atomic E-state index is -0.432. The number of hydrogen-bond donors (Lipinski definition) is 2. The zero-order chi connectivity index (χ0) is 21.2. The van der Waals surface area contributed by atoms with E-state index in [4.69, 9.17) is 27.5 Å². The zero-order valence-corrected chi connectivity index (χ0v) is 16.7. The Balaban J connectivity index is 2.12. The van der Waals surface area contributed by atoms with E-state index < -0.39 is 5.91 Å². The summed E-state index contributed by atoms with van der Waals surface area (Å²) in [7, 11) is 0. The summed E-state index contributed by atoms with van der Waals surface area (Å²) < 4.78 is 11.0. The number of amides is 2. The topological polar surface area (TPSA) is 89.0 Å². The quantitative estimate of drug-likeness (QED) is 0.394. The number of anilines is 1. The van der Waals surface area contributed by atoms with Crippen LogP contribution >= 0.6 is 11.6 Å². The van der Waals surface area contributed by atoms with Crippen LogP contribution in [0.1, 0.15) is 29.8 Å². The second kappa shape index (κ2) is 10.7. The van der Waals surface area contributed by atoms with Gasteiger partial charge in [0, 0.05) is 18.2 Å². The summed E-state index contributed by atoms with van der Waals surface area (Å²) in [6, 6.07) is 9.79. The van der Waals surface area contributed by atoms with Gasteiger partial charge in [0.2, 0.25) is 5.91 Å². The lowest BCUT2D eigenvalue weighted by atomic mass is 10.2. The molecular formula is C21H20ClN3O4. The molecule has 0 aliphatic heterocycles. The molecular weight excluding hydrogens is 394 g/mol. The Morgan fingerprint density at radius 3 is 2.76 bits per heavy atom. The van der Waals surface area contributed by atoms with E-state index in [0.717, 1.165) is 0 Å². The van der Waals surface area contributed by atoms with Crippen LogP contribution in [-0.4, -0.2) is 31.2 Å². The number of ether oxygens (including phenoxy) is 2. The molecule has 2 aromatic carbocycles. The van der Waals surface area contributed by atoms with Gasteiger partial charge in [-0.25, -0.2) is 5.43 Å². The van der Waals surface area contributed by atoms with Crippen LogP contribution in [0.25, 0.3) is 0 Å². The number of halogens is 1. The van der Waals surface area contributed by atoms with E-state index in [1.54, 1.807) is 36.4 Å². The monoisotopic (exact) mass is 413 g/mol. The molecule has 0 heterocycles. The van der Waals surface area contributed by atoms with Gasteiger partial charge in [0.25, 0.3) is 5.91 Å². The van der Waals surface area contributed by atoms with Crippen LogP contribution in [0.4, 0.5) is 5.69 Å².